The number of nitrogens with one attached hydrogen (secondary N) is 3. The van der Waals surface area contributed by atoms with Gasteiger partial charge in [-0.2, -0.15) is 5.26 Å². The highest BCUT2D eigenvalue weighted by atomic mass is 19.3. The fourth-order valence-corrected chi connectivity index (χ4v) is 5.70. The van der Waals surface area contributed by atoms with E-state index >= 15 is 0 Å². The standard InChI is InChI=1S/C25H29F4N5O3/c1-13(32-20-10-15(26)4-7-19(20)27)24(37)34-17-5-6-18(25(28,29)11-17)21(34)23(36)33-16(12-30)9-14-3-2-8-31-22(14)35/h4,7,10,13-14,16-18,21,32H,2-3,5-6,8-9,11H2,1H3,(H,31,35)(H,33,36)/t13-,14+,16+,17+,18+,21+/m0/s1. The first-order valence-electron chi connectivity index (χ1n) is 12.4. The summed E-state index contributed by atoms with van der Waals surface area (Å²) in [7, 11) is 0. The number of amides is 3. The van der Waals surface area contributed by atoms with E-state index in [2.05, 4.69) is 16.0 Å². The smallest absolute Gasteiger partial charge is 0.255 e. The van der Waals surface area contributed by atoms with Gasteiger partial charge in [0.1, 0.15) is 29.8 Å². The van der Waals surface area contributed by atoms with E-state index in [1.807, 2.05) is 6.07 Å². The molecule has 3 N–H and O–H groups in total. The first kappa shape index (κ1) is 26.7. The Morgan fingerprint density at radius 3 is 2.70 bits per heavy atom. The fraction of sp³-hybridized carbons (Fsp3) is 0.600. The van der Waals surface area contributed by atoms with Crippen molar-refractivity contribution in [2.45, 2.75) is 75.5 Å². The van der Waals surface area contributed by atoms with E-state index in [0.29, 0.717) is 13.0 Å². The van der Waals surface area contributed by atoms with Crippen LogP contribution in [0.3, 0.4) is 0 Å². The molecule has 3 amide bonds. The Kier molecular flexibility index (Phi) is 7.62. The molecule has 3 aliphatic heterocycles. The van der Waals surface area contributed by atoms with Gasteiger partial charge in [0.15, 0.2) is 0 Å². The summed E-state index contributed by atoms with van der Waals surface area (Å²) in [4.78, 5) is 40.0. The number of carbonyl (C=O) groups excluding carboxylic acids is 3. The van der Waals surface area contributed by atoms with Gasteiger partial charge in [-0.25, -0.2) is 17.6 Å². The van der Waals surface area contributed by atoms with Crippen molar-refractivity contribution < 1.29 is 31.9 Å². The zero-order chi connectivity index (χ0) is 26.9. The van der Waals surface area contributed by atoms with Gasteiger partial charge in [0.25, 0.3) is 5.92 Å². The third kappa shape index (κ3) is 5.50. The molecule has 0 spiro atoms. The van der Waals surface area contributed by atoms with E-state index in [4.69, 9.17) is 0 Å². The van der Waals surface area contributed by atoms with Crippen LogP contribution in [0.5, 0.6) is 0 Å². The molecule has 0 aromatic heterocycles. The second kappa shape index (κ2) is 10.6. The van der Waals surface area contributed by atoms with Crippen LogP contribution >= 0.6 is 0 Å². The SMILES string of the molecule is C[C@H](Nc1cc(F)ccc1F)C(=O)N1[C@@H]2CC[C@H]([C@@H]1C(=O)N[C@@H](C#N)C[C@H]1CCCNC1=O)C(F)(F)C2. The van der Waals surface area contributed by atoms with Crippen molar-refractivity contribution in [1.82, 2.24) is 15.5 Å². The van der Waals surface area contributed by atoms with Crippen molar-refractivity contribution in [2.75, 3.05) is 11.9 Å². The highest BCUT2D eigenvalue weighted by Crippen LogP contribution is 2.49. The molecule has 12 heteroatoms. The third-order valence-corrected chi connectivity index (χ3v) is 7.52. The summed E-state index contributed by atoms with van der Waals surface area (Å²) < 4.78 is 57.5. The number of hydrogen-bond donors (Lipinski definition) is 3. The lowest BCUT2D eigenvalue weighted by Gasteiger charge is -2.54. The van der Waals surface area contributed by atoms with Gasteiger partial charge in [0.2, 0.25) is 17.7 Å². The number of benzene rings is 1. The van der Waals surface area contributed by atoms with Crippen LogP contribution < -0.4 is 16.0 Å². The Bertz CT molecular complexity index is 1110. The molecule has 1 aromatic carbocycles. The zero-order valence-electron chi connectivity index (χ0n) is 20.3. The van der Waals surface area contributed by atoms with Gasteiger partial charge >= 0.3 is 0 Å². The molecule has 3 heterocycles. The topological polar surface area (TPSA) is 114 Å². The third-order valence-electron chi connectivity index (χ3n) is 7.52. The van der Waals surface area contributed by atoms with Gasteiger partial charge in [-0.15, -0.1) is 0 Å². The maximum absolute atomic E-state index is 14.9. The Labute approximate surface area is 211 Å². The summed E-state index contributed by atoms with van der Waals surface area (Å²) in [6.45, 7) is 1.91. The van der Waals surface area contributed by atoms with Crippen molar-refractivity contribution >= 4 is 23.4 Å². The van der Waals surface area contributed by atoms with Gasteiger partial charge in [-0.05, 0) is 57.2 Å². The molecule has 4 fully saturated rings. The van der Waals surface area contributed by atoms with Crippen molar-refractivity contribution in [3.8, 4) is 6.07 Å². The molecule has 200 valence electrons. The lowest BCUT2D eigenvalue weighted by Crippen LogP contribution is -2.70. The maximum Gasteiger partial charge on any atom is 0.255 e. The molecule has 0 radical (unpaired) electrons. The summed E-state index contributed by atoms with van der Waals surface area (Å²) in [5.74, 6) is -8.52. The van der Waals surface area contributed by atoms with Crippen LogP contribution in [0, 0.1) is 34.8 Å². The molecule has 1 aromatic rings. The minimum atomic E-state index is -3.20. The van der Waals surface area contributed by atoms with Gasteiger partial charge in [-0.3, -0.25) is 14.4 Å². The van der Waals surface area contributed by atoms with E-state index < -0.39 is 71.8 Å². The first-order valence-corrected chi connectivity index (χ1v) is 12.4. The number of hydrogen-bond acceptors (Lipinski definition) is 5. The van der Waals surface area contributed by atoms with Gasteiger partial charge in [0, 0.05) is 24.9 Å². The predicted octanol–water partition coefficient (Wildman–Crippen LogP) is 2.70. The van der Waals surface area contributed by atoms with Gasteiger partial charge < -0.3 is 20.9 Å². The molecule has 5 rings (SSSR count). The average molecular weight is 524 g/mol. The number of alkyl halides is 2. The van der Waals surface area contributed by atoms with Crippen LogP contribution in [-0.4, -0.2) is 59.3 Å². The second-order valence-corrected chi connectivity index (χ2v) is 10.0. The van der Waals surface area contributed by atoms with Crippen LogP contribution in [-0.2, 0) is 14.4 Å². The summed E-state index contributed by atoms with van der Waals surface area (Å²) >= 11 is 0. The van der Waals surface area contributed by atoms with Crippen LogP contribution in [0.25, 0.3) is 0 Å². The van der Waals surface area contributed by atoms with Crippen LogP contribution in [0.2, 0.25) is 0 Å². The zero-order valence-corrected chi connectivity index (χ0v) is 20.3. The molecule has 1 aliphatic carbocycles. The van der Waals surface area contributed by atoms with Crippen molar-refractivity contribution in [3.05, 3.63) is 29.8 Å². The molecule has 1 saturated carbocycles. The summed E-state index contributed by atoms with van der Waals surface area (Å²) in [6.07, 6.45) is 0.952. The van der Waals surface area contributed by atoms with Crippen molar-refractivity contribution in [1.29, 1.82) is 5.26 Å². The number of carbonyl (C=O) groups is 3. The Hall–Kier alpha value is -3.36. The number of anilines is 1. The lowest BCUT2D eigenvalue weighted by molar-refractivity contribution is -0.194. The number of nitrogens with zero attached hydrogens (tertiary/aromatic N) is 2. The minimum Gasteiger partial charge on any atom is -0.371 e. The van der Waals surface area contributed by atoms with E-state index in [-0.39, 0.29) is 30.9 Å². The number of halogens is 4. The Morgan fingerprint density at radius 1 is 1.27 bits per heavy atom. The molecule has 3 saturated heterocycles. The number of nitriles is 1. The lowest BCUT2D eigenvalue weighted by atomic mass is 9.71. The van der Waals surface area contributed by atoms with E-state index in [1.54, 1.807) is 0 Å². The molecule has 37 heavy (non-hydrogen) atoms. The maximum atomic E-state index is 14.9. The molecular weight excluding hydrogens is 494 g/mol. The minimum absolute atomic E-state index is 0.0160. The molecular formula is C25H29F4N5O3. The summed E-state index contributed by atoms with van der Waals surface area (Å²) in [6, 6.07) is -0.139. The molecule has 2 bridgehead atoms. The summed E-state index contributed by atoms with van der Waals surface area (Å²) in [5, 5.41) is 17.4. The molecule has 8 nitrogen and oxygen atoms in total. The number of rotatable bonds is 7. The first-order chi connectivity index (χ1) is 17.5. The molecule has 0 unspecified atom stereocenters. The molecule has 6 atom stereocenters. The van der Waals surface area contributed by atoms with Crippen LogP contribution in [0.1, 0.15) is 45.4 Å². The molecule has 4 aliphatic rings. The fourth-order valence-electron chi connectivity index (χ4n) is 5.70. The second-order valence-electron chi connectivity index (χ2n) is 10.0. The number of fused-ring (bicyclic) bond motifs is 3. The Balaban J connectivity index is 1.54. The van der Waals surface area contributed by atoms with Gasteiger partial charge in [-0.1, -0.05) is 0 Å². The monoisotopic (exact) mass is 523 g/mol. The van der Waals surface area contributed by atoms with E-state index in [9.17, 15) is 37.2 Å². The number of piperidine rings is 3. The average Bonchev–Trinajstić information content (AvgIpc) is 2.85. The van der Waals surface area contributed by atoms with E-state index in [1.165, 1.54) is 6.92 Å². The summed E-state index contributed by atoms with van der Waals surface area (Å²) in [5.41, 5.74) is -0.273. The Morgan fingerprint density at radius 2 is 2.03 bits per heavy atom. The largest absolute Gasteiger partial charge is 0.371 e. The predicted molar refractivity (Wildman–Crippen MR) is 124 cm³/mol. The van der Waals surface area contributed by atoms with Crippen LogP contribution in [0.15, 0.2) is 18.2 Å². The van der Waals surface area contributed by atoms with Crippen molar-refractivity contribution in [2.24, 2.45) is 11.8 Å². The van der Waals surface area contributed by atoms with Crippen molar-refractivity contribution in [3.63, 3.8) is 0 Å². The highest BCUT2D eigenvalue weighted by Gasteiger charge is 2.60. The van der Waals surface area contributed by atoms with Gasteiger partial charge in [0.05, 0.1) is 17.7 Å². The normalized spacial score (nSPS) is 28.0. The van der Waals surface area contributed by atoms with Crippen LogP contribution in [0.4, 0.5) is 23.2 Å². The highest BCUT2D eigenvalue weighted by molar-refractivity contribution is 5.92. The quantitative estimate of drug-likeness (QED) is 0.476. The van der Waals surface area contributed by atoms with E-state index in [0.717, 1.165) is 29.5 Å².